The van der Waals surface area contributed by atoms with E-state index in [0.717, 1.165) is 50.4 Å². The topological polar surface area (TPSA) is 26.3 Å². The number of unbranched alkanes of at least 4 members (excludes halogenated alkanes) is 3. The van der Waals surface area contributed by atoms with Crippen LogP contribution < -0.4 is 0 Å². The van der Waals surface area contributed by atoms with E-state index in [1.54, 1.807) is 0 Å². The molecule has 0 aromatic carbocycles. The van der Waals surface area contributed by atoms with Crippen molar-refractivity contribution in [3.8, 4) is 0 Å². The molecule has 0 amide bonds. The van der Waals surface area contributed by atoms with Crippen molar-refractivity contribution in [2.45, 2.75) is 171 Å². The molecule has 0 aromatic rings. The van der Waals surface area contributed by atoms with E-state index in [1.165, 1.54) is 57.8 Å². The summed E-state index contributed by atoms with van der Waals surface area (Å²) in [6.45, 7) is 21.1. The number of hydrogen-bond acceptors (Lipinski definition) is 2. The number of carbonyl (C=O) groups is 1. The molecule has 3 unspecified atom stereocenters. The molecule has 0 radical (unpaired) electrons. The number of rotatable bonds is 21. The molecule has 0 aromatic heterocycles. The van der Waals surface area contributed by atoms with E-state index in [-0.39, 0.29) is 22.9 Å². The SMILES string of the molecule is CCCCCC(C)(CC)C(CC)(CC)C(CCCC(CC)C(CC)CC)OC(=O)CCCC. The van der Waals surface area contributed by atoms with E-state index < -0.39 is 0 Å². The summed E-state index contributed by atoms with van der Waals surface area (Å²) in [6, 6.07) is 0. The normalized spacial score (nSPS) is 15.9. The molecule has 198 valence electrons. The van der Waals surface area contributed by atoms with Crippen LogP contribution in [0.1, 0.15) is 165 Å². The van der Waals surface area contributed by atoms with Gasteiger partial charge in [0.25, 0.3) is 0 Å². The molecule has 0 aliphatic rings. The second-order valence-electron chi connectivity index (χ2n) is 11.0. The van der Waals surface area contributed by atoms with Crippen LogP contribution >= 0.6 is 0 Å². The molecule has 0 saturated carbocycles. The van der Waals surface area contributed by atoms with Crippen molar-refractivity contribution >= 4 is 5.97 Å². The first kappa shape index (κ1) is 32.5. The van der Waals surface area contributed by atoms with Crippen molar-refractivity contribution in [3.05, 3.63) is 0 Å². The highest BCUT2D eigenvalue weighted by Gasteiger charge is 2.50. The maximum atomic E-state index is 12.9. The van der Waals surface area contributed by atoms with Crippen molar-refractivity contribution in [3.63, 3.8) is 0 Å². The van der Waals surface area contributed by atoms with E-state index in [0.29, 0.717) is 6.42 Å². The Kier molecular flexibility index (Phi) is 17.6. The Morgan fingerprint density at radius 3 is 1.73 bits per heavy atom. The molecule has 0 saturated heterocycles. The summed E-state index contributed by atoms with van der Waals surface area (Å²) in [4.78, 5) is 12.9. The van der Waals surface area contributed by atoms with E-state index >= 15 is 0 Å². The lowest BCUT2D eigenvalue weighted by atomic mass is 9.54. The Morgan fingerprint density at radius 2 is 1.27 bits per heavy atom. The molecule has 2 heteroatoms. The van der Waals surface area contributed by atoms with Gasteiger partial charge in [-0.1, -0.05) is 120 Å². The van der Waals surface area contributed by atoms with Crippen molar-refractivity contribution in [1.29, 1.82) is 0 Å². The lowest BCUT2D eigenvalue weighted by molar-refractivity contribution is -0.169. The van der Waals surface area contributed by atoms with Crippen molar-refractivity contribution < 1.29 is 9.53 Å². The van der Waals surface area contributed by atoms with Gasteiger partial charge in [0.2, 0.25) is 0 Å². The lowest BCUT2D eigenvalue weighted by Gasteiger charge is -2.52. The van der Waals surface area contributed by atoms with Gasteiger partial charge in [-0.25, -0.2) is 0 Å². The van der Waals surface area contributed by atoms with Crippen LogP contribution in [0, 0.1) is 22.7 Å². The number of ether oxygens (including phenoxy) is 1. The monoisotopic (exact) mass is 466 g/mol. The molecule has 2 nitrogen and oxygen atoms in total. The molecule has 3 atom stereocenters. The molecule has 0 N–H and O–H groups in total. The van der Waals surface area contributed by atoms with Gasteiger partial charge in [0.05, 0.1) is 0 Å². The fraction of sp³-hybridized carbons (Fsp3) is 0.968. The highest BCUT2D eigenvalue weighted by Crippen LogP contribution is 2.54. The summed E-state index contributed by atoms with van der Waals surface area (Å²) in [5.41, 5.74) is 0.273. The standard InChI is InChI=1S/C31H62O2/c1-10-18-20-25-30(9,15-6)31(16-7,17-8)28(33-29(32)24-19-11-2)23-21-22-27(14-5)26(12-3)13-4/h26-28H,10-25H2,1-9H3. The van der Waals surface area contributed by atoms with Crippen LogP contribution in [0.5, 0.6) is 0 Å². The molecule has 33 heavy (non-hydrogen) atoms. The van der Waals surface area contributed by atoms with Gasteiger partial charge in [0.15, 0.2) is 0 Å². The molecular formula is C31H62O2. The van der Waals surface area contributed by atoms with Crippen LogP contribution in [0.4, 0.5) is 0 Å². The van der Waals surface area contributed by atoms with Gasteiger partial charge in [-0.05, 0) is 55.8 Å². The first-order valence-corrected chi connectivity index (χ1v) is 15.0. The minimum absolute atomic E-state index is 0.0344. The second-order valence-corrected chi connectivity index (χ2v) is 11.0. The first-order chi connectivity index (χ1) is 15.8. The summed E-state index contributed by atoms with van der Waals surface area (Å²) in [7, 11) is 0. The third-order valence-electron chi connectivity index (χ3n) is 9.48. The Balaban J connectivity index is 5.83. The van der Waals surface area contributed by atoms with Crippen molar-refractivity contribution in [2.75, 3.05) is 0 Å². The zero-order valence-electron chi connectivity index (χ0n) is 24.4. The number of esters is 1. The molecule has 0 aliphatic heterocycles. The molecule has 0 spiro atoms. The molecule has 0 bridgehead atoms. The smallest absolute Gasteiger partial charge is 0.306 e. The Labute approximate surface area is 209 Å². The molecule has 0 heterocycles. The van der Waals surface area contributed by atoms with Gasteiger partial charge in [0.1, 0.15) is 6.10 Å². The summed E-state index contributed by atoms with van der Waals surface area (Å²) in [5.74, 6) is 1.67. The lowest BCUT2D eigenvalue weighted by Crippen LogP contribution is -2.49. The largest absolute Gasteiger partial charge is 0.462 e. The second kappa shape index (κ2) is 17.8. The van der Waals surface area contributed by atoms with Gasteiger partial charge in [-0.3, -0.25) is 4.79 Å². The van der Waals surface area contributed by atoms with E-state index in [9.17, 15) is 4.79 Å². The predicted molar refractivity (Wildman–Crippen MR) is 147 cm³/mol. The third kappa shape index (κ3) is 9.56. The molecule has 0 aliphatic carbocycles. The molecule has 0 fully saturated rings. The Morgan fingerprint density at radius 1 is 0.697 bits per heavy atom. The maximum absolute atomic E-state index is 12.9. The van der Waals surface area contributed by atoms with E-state index in [1.807, 2.05) is 0 Å². The number of carbonyl (C=O) groups excluding carboxylic acids is 1. The minimum Gasteiger partial charge on any atom is -0.462 e. The van der Waals surface area contributed by atoms with Crippen LogP contribution in [0.15, 0.2) is 0 Å². The summed E-state index contributed by atoms with van der Waals surface area (Å²) >= 11 is 0. The summed E-state index contributed by atoms with van der Waals surface area (Å²) < 4.78 is 6.44. The van der Waals surface area contributed by atoms with Gasteiger partial charge in [-0.15, -0.1) is 0 Å². The summed E-state index contributed by atoms with van der Waals surface area (Å²) in [5, 5.41) is 0. The van der Waals surface area contributed by atoms with Crippen LogP contribution in [0.3, 0.4) is 0 Å². The van der Waals surface area contributed by atoms with E-state index in [4.69, 9.17) is 4.74 Å². The molecule has 0 rings (SSSR count). The van der Waals surface area contributed by atoms with Crippen LogP contribution in [0.25, 0.3) is 0 Å². The highest BCUT2D eigenvalue weighted by molar-refractivity contribution is 5.69. The van der Waals surface area contributed by atoms with Crippen molar-refractivity contribution in [2.24, 2.45) is 22.7 Å². The fourth-order valence-corrected chi connectivity index (χ4v) is 6.77. The van der Waals surface area contributed by atoms with Crippen LogP contribution in [-0.2, 0) is 9.53 Å². The Bertz CT molecular complexity index is 477. The highest BCUT2D eigenvalue weighted by atomic mass is 16.5. The fourth-order valence-electron chi connectivity index (χ4n) is 6.77. The van der Waals surface area contributed by atoms with Gasteiger partial charge >= 0.3 is 5.97 Å². The number of hydrogen-bond donors (Lipinski definition) is 0. The zero-order valence-corrected chi connectivity index (χ0v) is 24.4. The minimum atomic E-state index is 0.0344. The van der Waals surface area contributed by atoms with Gasteiger partial charge < -0.3 is 4.74 Å². The average molecular weight is 467 g/mol. The third-order valence-corrected chi connectivity index (χ3v) is 9.48. The summed E-state index contributed by atoms with van der Waals surface area (Å²) in [6.07, 6.45) is 18.3. The zero-order chi connectivity index (χ0) is 25.3. The predicted octanol–water partition coefficient (Wildman–Crippen LogP) is 10.5. The Hall–Kier alpha value is -0.530. The van der Waals surface area contributed by atoms with Gasteiger partial charge in [0, 0.05) is 11.8 Å². The maximum Gasteiger partial charge on any atom is 0.306 e. The first-order valence-electron chi connectivity index (χ1n) is 15.0. The van der Waals surface area contributed by atoms with Crippen molar-refractivity contribution in [1.82, 2.24) is 0 Å². The van der Waals surface area contributed by atoms with Crippen LogP contribution in [-0.4, -0.2) is 12.1 Å². The quantitative estimate of drug-likeness (QED) is 0.124. The van der Waals surface area contributed by atoms with E-state index in [2.05, 4.69) is 62.3 Å². The molecular weight excluding hydrogens is 404 g/mol. The van der Waals surface area contributed by atoms with Gasteiger partial charge in [-0.2, -0.15) is 0 Å². The average Bonchev–Trinajstić information content (AvgIpc) is 2.83. The van der Waals surface area contributed by atoms with Crippen LogP contribution in [0.2, 0.25) is 0 Å².